The summed E-state index contributed by atoms with van der Waals surface area (Å²) in [5.74, 6) is -0.324. The predicted molar refractivity (Wildman–Crippen MR) is 114 cm³/mol. The highest BCUT2D eigenvalue weighted by Gasteiger charge is 2.50. The van der Waals surface area contributed by atoms with Crippen LogP contribution in [0.25, 0.3) is 17.1 Å². The number of pyridine rings is 1. The number of hydrogen-bond donors (Lipinski definition) is 2. The minimum Gasteiger partial charge on any atom is -0.345 e. The topological polar surface area (TPSA) is 74.8 Å². The largest absolute Gasteiger partial charge is 0.434 e. The summed E-state index contributed by atoms with van der Waals surface area (Å²) in [5.41, 5.74) is 2.52. The molecule has 2 N–H and O–H groups in total. The molecular formula is C21H20BrN4O2+. The summed E-state index contributed by atoms with van der Waals surface area (Å²) in [4.78, 5) is 34.5. The number of quaternary nitrogens is 1. The highest BCUT2D eigenvalue weighted by atomic mass is 79.9. The summed E-state index contributed by atoms with van der Waals surface area (Å²) in [5, 5.41) is 3.61. The molecule has 3 aromatic rings. The summed E-state index contributed by atoms with van der Waals surface area (Å²) in [7, 11) is 0. The van der Waals surface area contributed by atoms with E-state index in [1.807, 2.05) is 30.3 Å². The summed E-state index contributed by atoms with van der Waals surface area (Å²) < 4.78 is 0.233. The number of halogens is 1. The first-order valence-corrected chi connectivity index (χ1v) is 10.0. The molecule has 3 amide bonds. The number of nitrogens with zero attached hydrogens (tertiary/aromatic N) is 2. The lowest BCUT2D eigenvalue weighted by molar-refractivity contribution is 0.0861. The van der Waals surface area contributed by atoms with E-state index < -0.39 is 4.48 Å². The van der Waals surface area contributed by atoms with Crippen molar-refractivity contribution in [2.75, 3.05) is 6.54 Å². The van der Waals surface area contributed by atoms with Crippen molar-refractivity contribution in [2.24, 2.45) is 0 Å². The summed E-state index contributed by atoms with van der Waals surface area (Å²) in [6, 6.07) is 8.91. The van der Waals surface area contributed by atoms with Gasteiger partial charge < -0.3 is 10.3 Å². The van der Waals surface area contributed by atoms with Gasteiger partial charge in [0.1, 0.15) is 17.4 Å². The zero-order valence-corrected chi connectivity index (χ0v) is 17.0. The third kappa shape index (κ3) is 2.78. The molecule has 6 nitrogen and oxygen atoms in total. The zero-order valence-electron chi connectivity index (χ0n) is 15.4. The van der Waals surface area contributed by atoms with Crippen LogP contribution < -0.4 is 9.80 Å². The van der Waals surface area contributed by atoms with Crippen molar-refractivity contribution in [1.29, 1.82) is 0 Å². The number of carbonyl (C=O) groups excluding carboxylic acids is 2. The van der Waals surface area contributed by atoms with Crippen molar-refractivity contribution in [2.45, 2.75) is 19.8 Å². The van der Waals surface area contributed by atoms with E-state index >= 15 is 0 Å². The second kappa shape index (κ2) is 7.33. The van der Waals surface area contributed by atoms with Gasteiger partial charge in [0.2, 0.25) is 0 Å². The molecule has 0 saturated heterocycles. The van der Waals surface area contributed by atoms with Crippen molar-refractivity contribution in [3.8, 4) is 0 Å². The van der Waals surface area contributed by atoms with Crippen LogP contribution in [-0.4, -0.2) is 28.5 Å². The molecule has 0 aliphatic carbocycles. The van der Waals surface area contributed by atoms with Crippen LogP contribution in [0.1, 0.15) is 35.7 Å². The number of amides is 3. The number of fused-ring (bicyclic) bond motifs is 2. The van der Waals surface area contributed by atoms with Gasteiger partial charge in [-0.1, -0.05) is 25.5 Å². The van der Waals surface area contributed by atoms with Crippen molar-refractivity contribution in [1.82, 2.24) is 19.8 Å². The first kappa shape index (κ1) is 18.6. The Bertz CT molecular complexity index is 1100. The summed E-state index contributed by atoms with van der Waals surface area (Å²) >= 11 is 3.50. The van der Waals surface area contributed by atoms with E-state index in [-0.39, 0.29) is 11.9 Å². The van der Waals surface area contributed by atoms with Crippen LogP contribution in [0, 0.1) is 0 Å². The Morgan fingerprint density at radius 1 is 1.25 bits per heavy atom. The number of hydrogen-bond acceptors (Lipinski definition) is 3. The van der Waals surface area contributed by atoms with Crippen LogP contribution >= 0.6 is 15.9 Å². The third-order valence-electron chi connectivity index (χ3n) is 4.99. The molecule has 1 aliphatic heterocycles. The Kier molecular flexibility index (Phi) is 4.87. The molecule has 0 unspecified atom stereocenters. The van der Waals surface area contributed by atoms with Crippen LogP contribution in [0.3, 0.4) is 0 Å². The third-order valence-corrected chi connectivity index (χ3v) is 5.66. The van der Waals surface area contributed by atoms with Crippen LogP contribution in [0.5, 0.6) is 0 Å². The number of carbonyl (C=O) groups is 2. The molecule has 142 valence electrons. The highest BCUT2D eigenvalue weighted by Crippen LogP contribution is 2.39. The quantitative estimate of drug-likeness (QED) is 0.445. The lowest BCUT2D eigenvalue weighted by Crippen LogP contribution is -2.58. The average Bonchev–Trinajstić information content (AvgIpc) is 3.31. The number of unbranched alkanes of at least 4 members (excludes halogenated alkanes) is 1. The van der Waals surface area contributed by atoms with Gasteiger partial charge in [-0.2, -0.15) is 0 Å². The molecule has 0 saturated carbocycles. The van der Waals surface area contributed by atoms with Crippen molar-refractivity contribution in [3.63, 3.8) is 0 Å². The fourth-order valence-corrected chi connectivity index (χ4v) is 4.06. The number of urea groups is 1. The number of benzene rings is 1. The van der Waals surface area contributed by atoms with Gasteiger partial charge in [-0.15, -0.1) is 4.48 Å². The normalized spacial score (nSPS) is 17.6. The monoisotopic (exact) mass is 439 g/mol. The first-order valence-electron chi connectivity index (χ1n) is 9.22. The minimum absolute atomic E-state index is 0.324. The summed E-state index contributed by atoms with van der Waals surface area (Å²) in [6.07, 6.45) is 8.59. The molecule has 0 fully saturated rings. The maximum absolute atomic E-state index is 13.8. The predicted octanol–water partition coefficient (Wildman–Crippen LogP) is 4.97. The fraction of sp³-hybridized carbons (Fsp3) is 0.190. The fourth-order valence-electron chi connectivity index (χ4n) is 3.54. The van der Waals surface area contributed by atoms with Crippen molar-refractivity contribution < 1.29 is 9.59 Å². The first-order chi connectivity index (χ1) is 13.6. The molecule has 1 aliphatic rings. The number of aromatic amines is 1. The Morgan fingerprint density at radius 2 is 2.07 bits per heavy atom. The van der Waals surface area contributed by atoms with Gasteiger partial charge in [0.15, 0.2) is 5.69 Å². The van der Waals surface area contributed by atoms with E-state index in [0.29, 0.717) is 28.8 Å². The van der Waals surface area contributed by atoms with Crippen molar-refractivity contribution >= 4 is 50.7 Å². The molecule has 0 bridgehead atoms. The molecule has 28 heavy (non-hydrogen) atoms. The molecule has 7 heteroatoms. The molecule has 4 rings (SSSR count). The lowest BCUT2D eigenvalue weighted by atomic mass is 10.1. The van der Waals surface area contributed by atoms with Gasteiger partial charge >= 0.3 is 11.9 Å². The second-order valence-corrected chi connectivity index (χ2v) is 7.56. The summed E-state index contributed by atoms with van der Waals surface area (Å²) in [6.45, 7) is 2.58. The number of nitrogens with one attached hydrogen (secondary N) is 2. The van der Waals surface area contributed by atoms with Gasteiger partial charge in [-0.05, 0) is 34.5 Å². The van der Waals surface area contributed by atoms with E-state index in [4.69, 9.17) is 0 Å². The molecule has 0 radical (unpaired) electrons. The maximum atomic E-state index is 13.8. The number of rotatable bonds is 4. The van der Waals surface area contributed by atoms with Gasteiger partial charge in [-0.25, -0.2) is 14.6 Å². The van der Waals surface area contributed by atoms with Gasteiger partial charge in [0.25, 0.3) is 0 Å². The molecule has 2 aromatic heterocycles. The SMILES string of the molecule is CCCCNC(=O)[N@@+]1(C(=O)c2c[nH]c3nccc(Br)c23)C=Cc2ccccc21. The number of para-hydroxylation sites is 1. The Morgan fingerprint density at radius 3 is 2.89 bits per heavy atom. The molecular weight excluding hydrogens is 420 g/mol. The average molecular weight is 440 g/mol. The van der Waals surface area contributed by atoms with Crippen LogP contribution in [0.2, 0.25) is 0 Å². The number of imide groups is 1. The number of H-pyrrole nitrogens is 1. The van der Waals surface area contributed by atoms with Crippen molar-refractivity contribution in [3.05, 3.63) is 64.5 Å². The Labute approximate surface area is 171 Å². The lowest BCUT2D eigenvalue weighted by Gasteiger charge is -2.26. The van der Waals surface area contributed by atoms with E-state index in [2.05, 4.69) is 38.1 Å². The van der Waals surface area contributed by atoms with Gasteiger partial charge in [0, 0.05) is 46.5 Å². The molecule has 3 heterocycles. The molecule has 1 atom stereocenters. The number of aromatic nitrogens is 2. The van der Waals surface area contributed by atoms with E-state index in [1.54, 1.807) is 24.7 Å². The smallest absolute Gasteiger partial charge is 0.345 e. The highest BCUT2D eigenvalue weighted by molar-refractivity contribution is 9.10. The zero-order chi connectivity index (χ0) is 19.7. The molecule has 0 spiro atoms. The Balaban J connectivity index is 1.86. The minimum atomic E-state index is -0.520. The van der Waals surface area contributed by atoms with Crippen LogP contribution in [0.4, 0.5) is 10.5 Å². The van der Waals surface area contributed by atoms with E-state index in [1.165, 1.54) is 0 Å². The molecule has 1 aromatic carbocycles. The van der Waals surface area contributed by atoms with Gasteiger partial charge in [-0.3, -0.25) is 0 Å². The Hall–Kier alpha value is -2.77. The van der Waals surface area contributed by atoms with Crippen LogP contribution in [-0.2, 0) is 0 Å². The standard InChI is InChI=1S/C21H19BrN4O2/c1-2-3-10-24-21(28)26(12-9-14-6-4-5-7-17(14)26)20(27)15-13-25-19-18(15)16(22)8-11-23-19/h4-9,11-13H,2-3,10H2,1H3,(H-,23,24,25,27,28)/p+1/t26-/m0/s1. The maximum Gasteiger partial charge on any atom is 0.434 e. The van der Waals surface area contributed by atoms with Crippen LogP contribution in [0.15, 0.2) is 53.4 Å². The van der Waals surface area contributed by atoms with Gasteiger partial charge in [0.05, 0.1) is 0 Å². The second-order valence-electron chi connectivity index (χ2n) is 6.71. The van der Waals surface area contributed by atoms with E-state index in [9.17, 15) is 9.59 Å². The van der Waals surface area contributed by atoms with E-state index in [0.717, 1.165) is 22.9 Å².